The van der Waals surface area contributed by atoms with Crippen LogP contribution in [0.15, 0.2) is 0 Å². The van der Waals surface area contributed by atoms with Crippen LogP contribution in [0.25, 0.3) is 0 Å². The zero-order valence-electron chi connectivity index (χ0n) is 9.20. The standard InChI is InChI=1S/C11H17NO3S/c13-9(6-8-2-1-3-8)12-11(10(14)15)4-5-16-7-11/h8H,1-7H2,(H,12,13)(H,14,15). The third-order valence-electron chi connectivity index (χ3n) is 3.51. The quantitative estimate of drug-likeness (QED) is 0.780. The van der Waals surface area contributed by atoms with E-state index >= 15 is 0 Å². The summed E-state index contributed by atoms with van der Waals surface area (Å²) in [7, 11) is 0. The minimum Gasteiger partial charge on any atom is -0.479 e. The lowest BCUT2D eigenvalue weighted by atomic mass is 9.82. The van der Waals surface area contributed by atoms with Crippen molar-refractivity contribution in [2.75, 3.05) is 11.5 Å². The highest BCUT2D eigenvalue weighted by Gasteiger charge is 2.43. The molecule has 1 unspecified atom stereocenters. The van der Waals surface area contributed by atoms with E-state index in [1.807, 2.05) is 0 Å². The summed E-state index contributed by atoms with van der Waals surface area (Å²) in [4.78, 5) is 22.9. The maximum atomic E-state index is 11.7. The van der Waals surface area contributed by atoms with E-state index in [1.165, 1.54) is 6.42 Å². The van der Waals surface area contributed by atoms with Gasteiger partial charge in [0.15, 0.2) is 0 Å². The van der Waals surface area contributed by atoms with Crippen molar-refractivity contribution in [3.8, 4) is 0 Å². The normalized spacial score (nSPS) is 29.8. The van der Waals surface area contributed by atoms with E-state index in [1.54, 1.807) is 11.8 Å². The highest BCUT2D eigenvalue weighted by atomic mass is 32.2. The van der Waals surface area contributed by atoms with Gasteiger partial charge in [-0.1, -0.05) is 6.42 Å². The Morgan fingerprint density at radius 1 is 1.44 bits per heavy atom. The molecule has 1 saturated heterocycles. The van der Waals surface area contributed by atoms with Crippen LogP contribution in [0.2, 0.25) is 0 Å². The molecular weight excluding hydrogens is 226 g/mol. The molecule has 1 saturated carbocycles. The maximum Gasteiger partial charge on any atom is 0.330 e. The van der Waals surface area contributed by atoms with E-state index in [-0.39, 0.29) is 5.91 Å². The molecule has 0 spiro atoms. The first kappa shape index (κ1) is 11.8. The lowest BCUT2D eigenvalue weighted by molar-refractivity contribution is -0.146. The van der Waals surface area contributed by atoms with Crippen molar-refractivity contribution in [2.24, 2.45) is 5.92 Å². The van der Waals surface area contributed by atoms with Gasteiger partial charge in [-0.3, -0.25) is 4.79 Å². The Kier molecular flexibility index (Phi) is 3.42. The van der Waals surface area contributed by atoms with Crippen LogP contribution >= 0.6 is 11.8 Å². The molecule has 1 aliphatic heterocycles. The summed E-state index contributed by atoms with van der Waals surface area (Å²) >= 11 is 1.59. The topological polar surface area (TPSA) is 66.4 Å². The van der Waals surface area contributed by atoms with E-state index in [0.29, 0.717) is 24.5 Å². The Morgan fingerprint density at radius 2 is 2.19 bits per heavy atom. The molecule has 1 amide bonds. The van der Waals surface area contributed by atoms with Gasteiger partial charge in [-0.25, -0.2) is 4.79 Å². The molecule has 0 aromatic rings. The Morgan fingerprint density at radius 3 is 2.62 bits per heavy atom. The second kappa shape index (κ2) is 4.65. The van der Waals surface area contributed by atoms with Crippen LogP contribution in [-0.4, -0.2) is 34.0 Å². The molecule has 0 bridgehead atoms. The molecule has 1 heterocycles. The summed E-state index contributed by atoms with van der Waals surface area (Å²) < 4.78 is 0. The largest absolute Gasteiger partial charge is 0.479 e. The molecule has 2 aliphatic rings. The summed E-state index contributed by atoms with van der Waals surface area (Å²) in [6.45, 7) is 0. The van der Waals surface area contributed by atoms with E-state index in [2.05, 4.69) is 5.32 Å². The second-order valence-electron chi connectivity index (χ2n) is 4.74. The van der Waals surface area contributed by atoms with E-state index < -0.39 is 11.5 Å². The Balaban J connectivity index is 1.89. The number of carbonyl (C=O) groups is 2. The van der Waals surface area contributed by atoms with Crippen LogP contribution in [0, 0.1) is 5.92 Å². The molecule has 2 fully saturated rings. The first-order valence-electron chi connectivity index (χ1n) is 5.74. The van der Waals surface area contributed by atoms with E-state index in [0.717, 1.165) is 18.6 Å². The maximum absolute atomic E-state index is 11.7. The van der Waals surface area contributed by atoms with Gasteiger partial charge in [0.25, 0.3) is 0 Å². The average molecular weight is 243 g/mol. The number of thioether (sulfide) groups is 1. The number of aliphatic carboxylic acids is 1. The fourth-order valence-corrected chi connectivity index (χ4v) is 3.49. The molecule has 90 valence electrons. The van der Waals surface area contributed by atoms with Crippen LogP contribution in [0.3, 0.4) is 0 Å². The van der Waals surface area contributed by atoms with Crippen LogP contribution in [0.4, 0.5) is 0 Å². The molecule has 4 nitrogen and oxygen atoms in total. The third kappa shape index (κ3) is 2.34. The average Bonchev–Trinajstić information content (AvgIpc) is 2.61. The summed E-state index contributed by atoms with van der Waals surface area (Å²) in [6, 6.07) is 0. The number of carboxylic acids is 1. The van der Waals surface area contributed by atoms with Gasteiger partial charge in [0.1, 0.15) is 5.54 Å². The van der Waals surface area contributed by atoms with Crippen molar-refractivity contribution in [2.45, 2.75) is 37.6 Å². The molecule has 2 rings (SSSR count). The van der Waals surface area contributed by atoms with Gasteiger partial charge < -0.3 is 10.4 Å². The van der Waals surface area contributed by atoms with Gasteiger partial charge >= 0.3 is 5.97 Å². The molecule has 1 aliphatic carbocycles. The predicted molar refractivity (Wildman–Crippen MR) is 62.4 cm³/mol. The molecule has 0 radical (unpaired) electrons. The molecule has 1 atom stereocenters. The van der Waals surface area contributed by atoms with Gasteiger partial charge in [0, 0.05) is 12.2 Å². The summed E-state index contributed by atoms with van der Waals surface area (Å²) in [5, 5.41) is 11.9. The number of hydrogen-bond donors (Lipinski definition) is 2. The highest BCUT2D eigenvalue weighted by Crippen LogP contribution is 2.31. The molecule has 0 aromatic heterocycles. The minimum atomic E-state index is -0.995. The SMILES string of the molecule is O=C(CC1CCC1)NC1(C(=O)O)CCSC1. The zero-order chi connectivity index (χ0) is 11.6. The molecule has 0 aromatic carbocycles. The Hall–Kier alpha value is -0.710. The lowest BCUT2D eigenvalue weighted by Crippen LogP contribution is -2.55. The Labute approximate surface area is 99.2 Å². The lowest BCUT2D eigenvalue weighted by Gasteiger charge is -2.28. The fraction of sp³-hybridized carbons (Fsp3) is 0.818. The van der Waals surface area contributed by atoms with E-state index in [9.17, 15) is 14.7 Å². The van der Waals surface area contributed by atoms with Gasteiger partial charge in [-0.15, -0.1) is 0 Å². The van der Waals surface area contributed by atoms with Gasteiger partial charge in [0.05, 0.1) is 0 Å². The first-order chi connectivity index (χ1) is 7.62. The molecule has 2 N–H and O–H groups in total. The number of rotatable bonds is 4. The van der Waals surface area contributed by atoms with Gasteiger partial charge in [0.2, 0.25) is 5.91 Å². The number of hydrogen-bond acceptors (Lipinski definition) is 3. The highest BCUT2D eigenvalue weighted by molar-refractivity contribution is 7.99. The summed E-state index contributed by atoms with van der Waals surface area (Å²) in [5.74, 6) is 0.823. The Bertz CT molecular complexity index is 296. The monoisotopic (exact) mass is 243 g/mol. The minimum absolute atomic E-state index is 0.0883. The number of carboxylic acid groups (broad SMARTS) is 1. The molecule has 5 heteroatoms. The summed E-state index contributed by atoms with van der Waals surface area (Å²) in [5.41, 5.74) is -0.995. The smallest absolute Gasteiger partial charge is 0.330 e. The van der Waals surface area contributed by atoms with Crippen molar-refractivity contribution in [3.63, 3.8) is 0 Å². The van der Waals surface area contributed by atoms with Crippen LogP contribution in [0.5, 0.6) is 0 Å². The van der Waals surface area contributed by atoms with Crippen LogP contribution in [0.1, 0.15) is 32.1 Å². The number of amides is 1. The third-order valence-corrected chi connectivity index (χ3v) is 4.70. The predicted octanol–water partition coefficient (Wildman–Crippen LogP) is 1.25. The number of nitrogens with one attached hydrogen (secondary N) is 1. The van der Waals surface area contributed by atoms with Gasteiger partial charge in [-0.2, -0.15) is 11.8 Å². The zero-order valence-corrected chi connectivity index (χ0v) is 10.0. The van der Waals surface area contributed by atoms with Crippen LogP contribution < -0.4 is 5.32 Å². The van der Waals surface area contributed by atoms with E-state index in [4.69, 9.17) is 0 Å². The number of carbonyl (C=O) groups excluding carboxylic acids is 1. The molecular formula is C11H17NO3S. The first-order valence-corrected chi connectivity index (χ1v) is 6.90. The second-order valence-corrected chi connectivity index (χ2v) is 5.84. The van der Waals surface area contributed by atoms with Crippen molar-refractivity contribution in [1.29, 1.82) is 0 Å². The fourth-order valence-electron chi connectivity index (χ4n) is 2.16. The summed E-state index contributed by atoms with van der Waals surface area (Å²) in [6.07, 6.45) is 4.48. The van der Waals surface area contributed by atoms with Crippen molar-refractivity contribution in [3.05, 3.63) is 0 Å². The van der Waals surface area contributed by atoms with Gasteiger partial charge in [-0.05, 0) is 30.9 Å². The van der Waals surface area contributed by atoms with Crippen molar-refractivity contribution in [1.82, 2.24) is 5.32 Å². The van der Waals surface area contributed by atoms with Crippen molar-refractivity contribution >= 4 is 23.6 Å². The van der Waals surface area contributed by atoms with Crippen molar-refractivity contribution < 1.29 is 14.7 Å². The molecule has 16 heavy (non-hydrogen) atoms. The van der Waals surface area contributed by atoms with Crippen LogP contribution in [-0.2, 0) is 9.59 Å².